The van der Waals surface area contributed by atoms with Gasteiger partial charge >= 0.3 is 6.01 Å². The summed E-state index contributed by atoms with van der Waals surface area (Å²) < 4.78 is 21.1. The molecule has 1 saturated carbocycles. The molecule has 2 aromatic carbocycles. The Hall–Kier alpha value is -3.80. The lowest BCUT2D eigenvalue weighted by Crippen LogP contribution is -2.46. The molecule has 0 unspecified atom stereocenters. The molecule has 0 radical (unpaired) electrons. The molecule has 41 heavy (non-hydrogen) atoms. The van der Waals surface area contributed by atoms with Crippen LogP contribution in [0, 0.1) is 30.5 Å². The maximum atomic E-state index is 14.8. The van der Waals surface area contributed by atoms with E-state index in [9.17, 15) is 9.50 Å². The number of terminal acetylenes is 1. The minimum atomic E-state index is -0.818. The number of rotatable bonds is 7. The second kappa shape index (κ2) is 10.2. The van der Waals surface area contributed by atoms with Crippen LogP contribution in [0.3, 0.4) is 0 Å². The van der Waals surface area contributed by atoms with Crippen LogP contribution in [0.15, 0.2) is 36.5 Å². The van der Waals surface area contributed by atoms with Crippen LogP contribution in [0.25, 0.3) is 32.9 Å². The Morgan fingerprint density at radius 2 is 1.98 bits per heavy atom. The smallest absolute Gasteiger partial charge is 0.318 e. The minimum absolute atomic E-state index is 0.119. The summed E-state index contributed by atoms with van der Waals surface area (Å²) in [6.45, 7) is 6.55. The van der Waals surface area contributed by atoms with Gasteiger partial charge in [0.25, 0.3) is 0 Å². The topological polar surface area (TPSA) is 74.6 Å². The molecule has 0 bridgehead atoms. The monoisotopic (exact) mass is 553 g/mol. The van der Waals surface area contributed by atoms with E-state index in [1.807, 2.05) is 32.0 Å². The molecule has 212 valence electrons. The van der Waals surface area contributed by atoms with Gasteiger partial charge in [-0.3, -0.25) is 4.98 Å². The van der Waals surface area contributed by atoms with Gasteiger partial charge in [-0.05, 0) is 65.1 Å². The normalized spacial score (nSPS) is 20.0. The second-order valence-electron chi connectivity index (χ2n) is 12.3. The van der Waals surface area contributed by atoms with Crippen LogP contribution < -0.4 is 9.64 Å². The molecule has 8 heteroatoms. The number of nitrogens with zero attached hydrogens (tertiary/aromatic N) is 5. The van der Waals surface area contributed by atoms with Crippen molar-refractivity contribution in [3.05, 3.63) is 53.5 Å². The Morgan fingerprint density at radius 1 is 1.17 bits per heavy atom. The van der Waals surface area contributed by atoms with Crippen LogP contribution in [-0.4, -0.2) is 70.9 Å². The zero-order valence-electron chi connectivity index (χ0n) is 24.2. The molecule has 1 N–H and O–H groups in total. The third-order valence-electron chi connectivity index (χ3n) is 8.42. The van der Waals surface area contributed by atoms with Gasteiger partial charge in [-0.1, -0.05) is 30.2 Å². The average Bonchev–Trinajstić information content (AvgIpc) is 3.70. The minimum Gasteiger partial charge on any atom is -0.463 e. The molecule has 1 aliphatic heterocycles. The highest BCUT2D eigenvalue weighted by Crippen LogP contribution is 2.46. The van der Waals surface area contributed by atoms with Gasteiger partial charge < -0.3 is 19.6 Å². The number of ether oxygens (including phenoxy) is 1. The van der Waals surface area contributed by atoms with Crippen molar-refractivity contribution in [3.8, 4) is 29.6 Å². The predicted octanol–water partition coefficient (Wildman–Crippen LogP) is 5.35. The lowest BCUT2D eigenvalue weighted by Gasteiger charge is -2.38. The molecule has 6 rings (SSSR count). The summed E-state index contributed by atoms with van der Waals surface area (Å²) in [7, 11) is 4.16. The fourth-order valence-corrected chi connectivity index (χ4v) is 6.26. The van der Waals surface area contributed by atoms with Gasteiger partial charge in [-0.15, -0.1) is 6.42 Å². The van der Waals surface area contributed by atoms with E-state index in [1.165, 1.54) is 6.07 Å². The third-order valence-corrected chi connectivity index (χ3v) is 8.42. The van der Waals surface area contributed by atoms with Crippen molar-refractivity contribution in [2.45, 2.75) is 45.1 Å². The predicted molar refractivity (Wildman–Crippen MR) is 161 cm³/mol. The largest absolute Gasteiger partial charge is 0.463 e. The van der Waals surface area contributed by atoms with Crippen molar-refractivity contribution in [3.63, 3.8) is 0 Å². The van der Waals surface area contributed by atoms with E-state index in [0.717, 1.165) is 60.7 Å². The fraction of sp³-hybridized carbons (Fsp3) is 0.424. The van der Waals surface area contributed by atoms with E-state index in [0.29, 0.717) is 41.6 Å². The number of fused-ring (bicyclic) bond motifs is 2. The number of aliphatic hydroxyl groups is 1. The van der Waals surface area contributed by atoms with E-state index in [2.05, 4.69) is 29.8 Å². The molecule has 4 aromatic rings. The second-order valence-corrected chi connectivity index (χ2v) is 12.3. The number of piperidine rings is 1. The van der Waals surface area contributed by atoms with Crippen molar-refractivity contribution in [2.24, 2.45) is 5.41 Å². The van der Waals surface area contributed by atoms with Gasteiger partial charge in [0.1, 0.15) is 11.6 Å². The van der Waals surface area contributed by atoms with Crippen LogP contribution in [0.5, 0.6) is 6.01 Å². The van der Waals surface area contributed by atoms with Crippen molar-refractivity contribution in [2.75, 3.05) is 45.2 Å². The molecule has 1 atom stereocenters. The number of hydrogen-bond acceptors (Lipinski definition) is 7. The standard InChI is InChI=1S/C33H36FN5O2/c1-6-23-26(34)12-11-22-9-7-10-24(27(22)23)28-21(2)29-25(17-35-28)30(39-16-8-13-32(3,40)18-39)37-31(36-29)41-20-33(14-15-33)19-38(4)5/h1,7,9-12,17,40H,8,13-16,18-20H2,2-5H3/t32-/m1/s1. The molecule has 2 aromatic heterocycles. The van der Waals surface area contributed by atoms with Crippen molar-refractivity contribution in [1.29, 1.82) is 0 Å². The van der Waals surface area contributed by atoms with Crippen LogP contribution in [0.4, 0.5) is 10.2 Å². The fourth-order valence-electron chi connectivity index (χ4n) is 6.26. The molecule has 2 aliphatic rings. The Bertz CT molecular complexity index is 1690. The van der Waals surface area contributed by atoms with Crippen LogP contribution in [-0.2, 0) is 0 Å². The lowest BCUT2D eigenvalue weighted by molar-refractivity contribution is 0.0447. The number of aryl methyl sites for hydroxylation is 1. The summed E-state index contributed by atoms with van der Waals surface area (Å²) in [6, 6.07) is 9.23. The molecule has 1 saturated heterocycles. The third kappa shape index (κ3) is 5.20. The molecule has 3 heterocycles. The zero-order chi connectivity index (χ0) is 28.9. The van der Waals surface area contributed by atoms with E-state index >= 15 is 0 Å². The number of β-amino-alcohol motifs (C(OH)–C–C–N with tert-alkyl or cyclic N) is 1. The Balaban J connectivity index is 1.50. The molecular formula is C33H36FN5O2. The number of aromatic nitrogens is 3. The van der Waals surface area contributed by atoms with Gasteiger partial charge in [0, 0.05) is 47.8 Å². The molecule has 1 aliphatic carbocycles. The quantitative estimate of drug-likeness (QED) is 0.310. The number of pyridine rings is 1. The average molecular weight is 554 g/mol. The molecule has 0 amide bonds. The number of hydrogen-bond donors (Lipinski definition) is 1. The van der Waals surface area contributed by atoms with Gasteiger partial charge in [-0.25, -0.2) is 4.39 Å². The van der Waals surface area contributed by atoms with E-state index in [1.54, 1.807) is 12.3 Å². The molecular weight excluding hydrogens is 517 g/mol. The van der Waals surface area contributed by atoms with Crippen LogP contribution >= 0.6 is 0 Å². The Kier molecular flexibility index (Phi) is 6.83. The summed E-state index contributed by atoms with van der Waals surface area (Å²) in [5.41, 5.74) is 2.49. The Morgan fingerprint density at radius 3 is 2.68 bits per heavy atom. The Labute approximate surface area is 240 Å². The molecule has 2 fully saturated rings. The highest BCUT2D eigenvalue weighted by molar-refractivity contribution is 6.03. The highest BCUT2D eigenvalue weighted by Gasteiger charge is 2.44. The van der Waals surface area contributed by atoms with E-state index in [-0.39, 0.29) is 11.0 Å². The van der Waals surface area contributed by atoms with E-state index in [4.69, 9.17) is 26.1 Å². The van der Waals surface area contributed by atoms with Crippen LogP contribution in [0.2, 0.25) is 0 Å². The van der Waals surface area contributed by atoms with Crippen molar-refractivity contribution < 1.29 is 14.2 Å². The first kappa shape index (κ1) is 27.4. The van der Waals surface area contributed by atoms with Crippen LogP contribution in [0.1, 0.15) is 43.7 Å². The number of anilines is 1. The number of benzene rings is 2. The number of halogens is 1. The lowest BCUT2D eigenvalue weighted by atomic mass is 9.94. The van der Waals surface area contributed by atoms with Crippen molar-refractivity contribution >= 4 is 27.5 Å². The van der Waals surface area contributed by atoms with E-state index < -0.39 is 11.4 Å². The first-order valence-electron chi connectivity index (χ1n) is 14.2. The van der Waals surface area contributed by atoms with Gasteiger partial charge in [0.2, 0.25) is 0 Å². The molecule has 0 spiro atoms. The maximum absolute atomic E-state index is 14.8. The van der Waals surface area contributed by atoms with Gasteiger partial charge in [0.15, 0.2) is 0 Å². The first-order chi connectivity index (χ1) is 19.6. The summed E-state index contributed by atoms with van der Waals surface area (Å²) in [6.07, 6.45) is 11.4. The first-order valence-corrected chi connectivity index (χ1v) is 14.2. The van der Waals surface area contributed by atoms with Gasteiger partial charge in [0.05, 0.1) is 34.4 Å². The van der Waals surface area contributed by atoms with Gasteiger partial charge in [-0.2, -0.15) is 9.97 Å². The summed E-state index contributed by atoms with van der Waals surface area (Å²) in [5, 5.41) is 13.2. The molecule has 7 nitrogen and oxygen atoms in total. The SMILES string of the molecule is C#Cc1c(F)ccc2cccc(-c3ncc4c(N5CCC[C@@](C)(O)C5)nc(OCC5(CN(C)C)CC5)nc4c3C)c12. The van der Waals surface area contributed by atoms with Crippen molar-refractivity contribution in [1.82, 2.24) is 19.9 Å². The highest BCUT2D eigenvalue weighted by atomic mass is 19.1. The summed E-state index contributed by atoms with van der Waals surface area (Å²) in [4.78, 5) is 19.0. The zero-order valence-corrected chi connectivity index (χ0v) is 24.2. The summed E-state index contributed by atoms with van der Waals surface area (Å²) in [5.74, 6) is 2.81. The maximum Gasteiger partial charge on any atom is 0.318 e. The summed E-state index contributed by atoms with van der Waals surface area (Å²) >= 11 is 0.